The SMILES string of the molecule is Cc1ccc(S(=O)(=O)N2CCC[C@@H](C(=O)NCc3ccc(Cl)cc3Cl)C2)cc1. The molecule has 3 rings (SSSR count). The van der Waals surface area contributed by atoms with E-state index in [4.69, 9.17) is 23.2 Å². The van der Waals surface area contributed by atoms with Crippen molar-refractivity contribution in [3.8, 4) is 0 Å². The zero-order chi connectivity index (χ0) is 20.3. The summed E-state index contributed by atoms with van der Waals surface area (Å²) in [7, 11) is -3.61. The minimum atomic E-state index is -3.61. The molecule has 150 valence electrons. The van der Waals surface area contributed by atoms with E-state index >= 15 is 0 Å². The monoisotopic (exact) mass is 440 g/mol. The number of halogens is 2. The van der Waals surface area contributed by atoms with Crippen LogP contribution >= 0.6 is 23.2 Å². The molecule has 2 aromatic carbocycles. The maximum Gasteiger partial charge on any atom is 0.243 e. The first-order valence-electron chi connectivity index (χ1n) is 9.06. The van der Waals surface area contributed by atoms with E-state index in [1.165, 1.54) is 4.31 Å². The van der Waals surface area contributed by atoms with Gasteiger partial charge < -0.3 is 5.32 Å². The van der Waals surface area contributed by atoms with Crippen molar-refractivity contribution < 1.29 is 13.2 Å². The van der Waals surface area contributed by atoms with Crippen molar-refractivity contribution in [2.75, 3.05) is 13.1 Å². The number of carbonyl (C=O) groups excluding carboxylic acids is 1. The van der Waals surface area contributed by atoms with Crippen molar-refractivity contribution in [2.24, 2.45) is 5.92 Å². The average Bonchev–Trinajstić information content (AvgIpc) is 2.67. The van der Waals surface area contributed by atoms with Gasteiger partial charge in [0.15, 0.2) is 0 Å². The van der Waals surface area contributed by atoms with E-state index in [-0.39, 0.29) is 29.8 Å². The number of sulfonamides is 1. The Hall–Kier alpha value is -1.60. The molecule has 0 unspecified atom stereocenters. The number of benzene rings is 2. The molecule has 1 amide bonds. The molecule has 28 heavy (non-hydrogen) atoms. The number of amides is 1. The maximum atomic E-state index is 12.9. The third kappa shape index (κ3) is 4.87. The summed E-state index contributed by atoms with van der Waals surface area (Å²) in [5.41, 5.74) is 1.76. The first-order valence-corrected chi connectivity index (χ1v) is 11.3. The van der Waals surface area contributed by atoms with Gasteiger partial charge in [-0.2, -0.15) is 4.31 Å². The van der Waals surface area contributed by atoms with Crippen LogP contribution in [0.2, 0.25) is 10.0 Å². The number of rotatable bonds is 5. The second-order valence-corrected chi connectivity index (χ2v) is 9.75. The lowest BCUT2D eigenvalue weighted by Gasteiger charge is -2.31. The third-order valence-corrected chi connectivity index (χ3v) is 7.35. The lowest BCUT2D eigenvalue weighted by atomic mass is 9.99. The third-order valence-electron chi connectivity index (χ3n) is 4.88. The van der Waals surface area contributed by atoms with Crippen LogP contribution < -0.4 is 5.32 Å². The fourth-order valence-electron chi connectivity index (χ4n) is 3.23. The number of piperidine rings is 1. The molecule has 1 aliphatic heterocycles. The second-order valence-electron chi connectivity index (χ2n) is 6.97. The highest BCUT2D eigenvalue weighted by atomic mass is 35.5. The Kier molecular flexibility index (Phi) is 6.65. The van der Waals surface area contributed by atoms with E-state index in [9.17, 15) is 13.2 Å². The van der Waals surface area contributed by atoms with Gasteiger partial charge in [-0.15, -0.1) is 0 Å². The summed E-state index contributed by atoms with van der Waals surface area (Å²) in [6.07, 6.45) is 1.30. The van der Waals surface area contributed by atoms with E-state index in [0.29, 0.717) is 29.4 Å². The van der Waals surface area contributed by atoms with Gasteiger partial charge in [-0.3, -0.25) is 4.79 Å². The quantitative estimate of drug-likeness (QED) is 0.762. The Balaban J connectivity index is 1.65. The normalized spacial score (nSPS) is 18.0. The maximum absolute atomic E-state index is 12.9. The number of carbonyl (C=O) groups is 1. The zero-order valence-corrected chi connectivity index (χ0v) is 17.8. The molecule has 1 aliphatic rings. The van der Waals surface area contributed by atoms with Crippen LogP contribution in [0.15, 0.2) is 47.4 Å². The molecule has 0 aliphatic carbocycles. The Morgan fingerprint density at radius 1 is 1.18 bits per heavy atom. The van der Waals surface area contributed by atoms with Crippen molar-refractivity contribution >= 4 is 39.1 Å². The molecule has 0 saturated carbocycles. The molecule has 0 aromatic heterocycles. The molecule has 0 bridgehead atoms. The van der Waals surface area contributed by atoms with Crippen LogP contribution in [0.1, 0.15) is 24.0 Å². The zero-order valence-electron chi connectivity index (χ0n) is 15.5. The second kappa shape index (κ2) is 8.82. The van der Waals surface area contributed by atoms with Crippen molar-refractivity contribution in [3.63, 3.8) is 0 Å². The van der Waals surface area contributed by atoms with Crippen molar-refractivity contribution in [1.82, 2.24) is 9.62 Å². The molecular weight excluding hydrogens is 419 g/mol. The van der Waals surface area contributed by atoms with Gasteiger partial charge in [-0.25, -0.2) is 8.42 Å². The van der Waals surface area contributed by atoms with Gasteiger partial charge in [0.1, 0.15) is 0 Å². The van der Waals surface area contributed by atoms with Crippen LogP contribution in [-0.2, 0) is 21.4 Å². The van der Waals surface area contributed by atoms with Gasteiger partial charge in [-0.05, 0) is 49.6 Å². The van der Waals surface area contributed by atoms with Gasteiger partial charge in [0.25, 0.3) is 0 Å². The summed E-state index contributed by atoms with van der Waals surface area (Å²) in [6, 6.07) is 11.9. The largest absolute Gasteiger partial charge is 0.352 e. The Morgan fingerprint density at radius 2 is 1.89 bits per heavy atom. The van der Waals surface area contributed by atoms with Crippen LogP contribution in [0.25, 0.3) is 0 Å². The van der Waals surface area contributed by atoms with E-state index in [0.717, 1.165) is 11.1 Å². The summed E-state index contributed by atoms with van der Waals surface area (Å²) >= 11 is 12.0. The van der Waals surface area contributed by atoms with Crippen molar-refractivity contribution in [2.45, 2.75) is 31.2 Å². The summed E-state index contributed by atoms with van der Waals surface area (Å²) < 4.78 is 27.2. The molecule has 0 radical (unpaired) electrons. The van der Waals surface area contributed by atoms with E-state index in [2.05, 4.69) is 5.32 Å². The number of nitrogens with one attached hydrogen (secondary N) is 1. The molecule has 1 atom stereocenters. The van der Waals surface area contributed by atoms with Crippen LogP contribution in [0.3, 0.4) is 0 Å². The topological polar surface area (TPSA) is 66.5 Å². The molecule has 1 N–H and O–H groups in total. The van der Waals surface area contributed by atoms with Crippen LogP contribution in [-0.4, -0.2) is 31.7 Å². The highest BCUT2D eigenvalue weighted by Crippen LogP contribution is 2.25. The van der Waals surface area contributed by atoms with Crippen molar-refractivity contribution in [1.29, 1.82) is 0 Å². The van der Waals surface area contributed by atoms with Gasteiger partial charge in [0.05, 0.1) is 10.8 Å². The fourth-order valence-corrected chi connectivity index (χ4v) is 5.22. The lowest BCUT2D eigenvalue weighted by molar-refractivity contribution is -0.126. The van der Waals surface area contributed by atoms with Gasteiger partial charge in [-0.1, -0.05) is 47.0 Å². The highest BCUT2D eigenvalue weighted by Gasteiger charge is 2.33. The Labute approximate surface area is 175 Å². The Bertz CT molecular complexity index is 962. The highest BCUT2D eigenvalue weighted by molar-refractivity contribution is 7.89. The van der Waals surface area contributed by atoms with Crippen molar-refractivity contribution in [3.05, 3.63) is 63.6 Å². The van der Waals surface area contributed by atoms with E-state index in [1.54, 1.807) is 42.5 Å². The first kappa shape index (κ1) is 21.1. The minimum absolute atomic E-state index is 0.171. The summed E-state index contributed by atoms with van der Waals surface area (Å²) in [5, 5.41) is 3.88. The van der Waals surface area contributed by atoms with E-state index < -0.39 is 10.0 Å². The molecule has 1 heterocycles. The molecular formula is C20H22Cl2N2O3S. The van der Waals surface area contributed by atoms with Crippen LogP contribution in [0.4, 0.5) is 0 Å². The predicted octanol–water partition coefficient (Wildman–Crippen LogP) is 4.02. The van der Waals surface area contributed by atoms with Gasteiger partial charge in [0, 0.05) is 29.7 Å². The molecule has 0 spiro atoms. The molecule has 1 saturated heterocycles. The molecule has 1 fully saturated rings. The van der Waals surface area contributed by atoms with Crippen LogP contribution in [0.5, 0.6) is 0 Å². The number of aryl methyl sites for hydroxylation is 1. The lowest BCUT2D eigenvalue weighted by Crippen LogP contribution is -2.45. The minimum Gasteiger partial charge on any atom is -0.352 e. The standard InChI is InChI=1S/C20H22Cl2N2O3S/c1-14-4-8-18(9-5-14)28(26,27)24-10-2-3-16(13-24)20(25)23-12-15-6-7-17(21)11-19(15)22/h4-9,11,16H,2-3,10,12-13H2,1H3,(H,23,25)/t16-/m1/s1. The summed E-state index contributed by atoms with van der Waals surface area (Å²) in [5.74, 6) is -0.560. The first-order chi connectivity index (χ1) is 13.3. The smallest absolute Gasteiger partial charge is 0.243 e. The summed E-state index contributed by atoms with van der Waals surface area (Å²) in [6.45, 7) is 2.78. The number of nitrogens with zero attached hydrogens (tertiary/aromatic N) is 1. The fraction of sp³-hybridized carbons (Fsp3) is 0.350. The average molecular weight is 441 g/mol. The van der Waals surface area contributed by atoms with Crippen LogP contribution in [0, 0.1) is 12.8 Å². The number of hydrogen-bond acceptors (Lipinski definition) is 3. The van der Waals surface area contributed by atoms with E-state index in [1.807, 2.05) is 6.92 Å². The summed E-state index contributed by atoms with van der Waals surface area (Å²) in [4.78, 5) is 12.9. The molecule has 5 nitrogen and oxygen atoms in total. The number of hydrogen-bond donors (Lipinski definition) is 1. The molecule has 2 aromatic rings. The van der Waals surface area contributed by atoms with Gasteiger partial charge >= 0.3 is 0 Å². The van der Waals surface area contributed by atoms with Gasteiger partial charge in [0.2, 0.25) is 15.9 Å². The predicted molar refractivity (Wildman–Crippen MR) is 111 cm³/mol. The Morgan fingerprint density at radius 3 is 2.57 bits per heavy atom. The molecule has 8 heteroatoms.